The summed E-state index contributed by atoms with van der Waals surface area (Å²) >= 11 is 0. The van der Waals surface area contributed by atoms with Crippen LogP contribution in [0, 0.1) is 17.0 Å². The highest BCUT2D eigenvalue weighted by Crippen LogP contribution is 2.48. The molecule has 1 aliphatic heterocycles. The van der Waals surface area contributed by atoms with Crippen molar-refractivity contribution in [1.29, 1.82) is 0 Å². The lowest BCUT2D eigenvalue weighted by atomic mass is 10.0. The molecular weight excluding hydrogens is 294 g/mol. The average molecular weight is 310 g/mol. The Morgan fingerprint density at radius 3 is 2.45 bits per heavy atom. The highest BCUT2D eigenvalue weighted by atomic mass is 19.1. The lowest BCUT2D eigenvalue weighted by Gasteiger charge is -2.30. The highest BCUT2D eigenvalue weighted by molar-refractivity contribution is 6.13. The van der Waals surface area contributed by atoms with E-state index >= 15 is 0 Å². The van der Waals surface area contributed by atoms with E-state index in [4.69, 9.17) is 4.74 Å². The Morgan fingerprint density at radius 1 is 1.18 bits per heavy atom. The van der Waals surface area contributed by atoms with Crippen molar-refractivity contribution in [2.75, 3.05) is 31.6 Å². The summed E-state index contributed by atoms with van der Waals surface area (Å²) in [6, 6.07) is 2.90. The summed E-state index contributed by atoms with van der Waals surface area (Å²) in [6.45, 7) is 1.82. The number of nitrogens with zero attached hydrogens (tertiary/aromatic N) is 1. The number of morpholine rings is 1. The zero-order valence-corrected chi connectivity index (χ0v) is 11.9. The predicted octanol–water partition coefficient (Wildman–Crippen LogP) is 1.54. The van der Waals surface area contributed by atoms with Crippen LogP contribution in [0.2, 0.25) is 0 Å². The van der Waals surface area contributed by atoms with Gasteiger partial charge >= 0.3 is 0 Å². The molecule has 1 saturated carbocycles. The third-order valence-corrected chi connectivity index (χ3v) is 4.07. The zero-order valence-electron chi connectivity index (χ0n) is 11.9. The van der Waals surface area contributed by atoms with E-state index < -0.39 is 23.0 Å². The normalized spacial score (nSPS) is 19.6. The van der Waals surface area contributed by atoms with E-state index in [0.717, 1.165) is 12.1 Å². The van der Waals surface area contributed by atoms with E-state index in [-0.39, 0.29) is 11.6 Å². The second-order valence-electron chi connectivity index (χ2n) is 5.56. The number of carbonyl (C=O) groups is 2. The van der Waals surface area contributed by atoms with Gasteiger partial charge in [0.15, 0.2) is 0 Å². The fourth-order valence-electron chi connectivity index (χ4n) is 2.56. The summed E-state index contributed by atoms with van der Waals surface area (Å²) in [5.74, 6) is -2.35. The number of carbonyl (C=O) groups excluding carboxylic acids is 2. The highest BCUT2D eigenvalue weighted by Gasteiger charge is 2.58. The van der Waals surface area contributed by atoms with Crippen LogP contribution >= 0.6 is 0 Å². The number of hydrogen-bond donors (Lipinski definition) is 1. The number of hydrogen-bond acceptors (Lipinski definition) is 3. The van der Waals surface area contributed by atoms with Crippen LogP contribution in [0.3, 0.4) is 0 Å². The van der Waals surface area contributed by atoms with Crippen molar-refractivity contribution < 1.29 is 23.1 Å². The largest absolute Gasteiger partial charge is 0.378 e. The minimum atomic E-state index is -1.11. The molecule has 22 heavy (non-hydrogen) atoms. The van der Waals surface area contributed by atoms with Crippen LogP contribution < -0.4 is 5.32 Å². The SMILES string of the molecule is O=C(Nc1ccc(F)cc1F)C1(C(=O)N2CCOCC2)CC1. The molecule has 118 valence electrons. The van der Waals surface area contributed by atoms with Crippen molar-refractivity contribution in [3.05, 3.63) is 29.8 Å². The lowest BCUT2D eigenvalue weighted by Crippen LogP contribution is -2.47. The fourth-order valence-corrected chi connectivity index (χ4v) is 2.56. The van der Waals surface area contributed by atoms with E-state index in [1.165, 1.54) is 0 Å². The molecule has 1 heterocycles. The van der Waals surface area contributed by atoms with E-state index in [1.54, 1.807) is 4.90 Å². The third kappa shape index (κ3) is 2.68. The van der Waals surface area contributed by atoms with Crippen LogP contribution in [0.25, 0.3) is 0 Å². The molecule has 0 bridgehead atoms. The summed E-state index contributed by atoms with van der Waals surface area (Å²) in [6.07, 6.45) is 0.885. The molecule has 1 aromatic rings. The van der Waals surface area contributed by atoms with Gasteiger partial charge in [0.2, 0.25) is 11.8 Å². The standard InChI is InChI=1S/C15H16F2N2O3/c16-10-1-2-12(11(17)9-10)18-13(20)15(3-4-15)14(21)19-5-7-22-8-6-19/h1-2,9H,3-8H2,(H,18,20). The monoisotopic (exact) mass is 310 g/mol. The van der Waals surface area contributed by atoms with Crippen LogP contribution in [0.15, 0.2) is 18.2 Å². The molecule has 1 N–H and O–H groups in total. The molecule has 0 radical (unpaired) electrons. The van der Waals surface area contributed by atoms with Crippen molar-refractivity contribution >= 4 is 17.5 Å². The molecule has 3 rings (SSSR count). The van der Waals surface area contributed by atoms with Crippen molar-refractivity contribution in [3.8, 4) is 0 Å². The molecule has 2 aliphatic rings. The van der Waals surface area contributed by atoms with Gasteiger partial charge in [0.05, 0.1) is 18.9 Å². The van der Waals surface area contributed by atoms with Gasteiger partial charge < -0.3 is 15.0 Å². The van der Waals surface area contributed by atoms with Gasteiger partial charge in [0, 0.05) is 19.2 Å². The maximum absolute atomic E-state index is 13.6. The van der Waals surface area contributed by atoms with Crippen molar-refractivity contribution in [1.82, 2.24) is 4.90 Å². The summed E-state index contributed by atoms with van der Waals surface area (Å²) < 4.78 is 31.7. The average Bonchev–Trinajstić information content (AvgIpc) is 3.32. The first-order chi connectivity index (χ1) is 10.5. The summed E-state index contributed by atoms with van der Waals surface area (Å²) in [4.78, 5) is 26.5. The van der Waals surface area contributed by atoms with Gasteiger partial charge in [-0.2, -0.15) is 0 Å². The zero-order chi connectivity index (χ0) is 15.7. The van der Waals surface area contributed by atoms with Crippen LogP contribution in [-0.4, -0.2) is 43.0 Å². The number of halogens is 2. The molecule has 2 fully saturated rings. The van der Waals surface area contributed by atoms with Gasteiger partial charge in [-0.3, -0.25) is 9.59 Å². The number of amides is 2. The molecule has 2 amide bonds. The van der Waals surface area contributed by atoms with Crippen molar-refractivity contribution in [3.63, 3.8) is 0 Å². The first-order valence-corrected chi connectivity index (χ1v) is 7.16. The van der Waals surface area contributed by atoms with Gasteiger partial charge in [-0.1, -0.05) is 0 Å². The Labute approximate surface area is 126 Å². The predicted molar refractivity (Wildman–Crippen MR) is 74.1 cm³/mol. The molecule has 1 saturated heterocycles. The number of benzene rings is 1. The van der Waals surface area contributed by atoms with E-state index in [1.807, 2.05) is 0 Å². The molecule has 0 aromatic heterocycles. The molecule has 5 nitrogen and oxygen atoms in total. The van der Waals surface area contributed by atoms with Gasteiger partial charge in [-0.15, -0.1) is 0 Å². The molecular formula is C15H16F2N2O3. The minimum Gasteiger partial charge on any atom is -0.378 e. The van der Waals surface area contributed by atoms with Gasteiger partial charge in [0.25, 0.3) is 0 Å². The van der Waals surface area contributed by atoms with Crippen LogP contribution in [0.4, 0.5) is 14.5 Å². The van der Waals surface area contributed by atoms with E-state index in [9.17, 15) is 18.4 Å². The maximum atomic E-state index is 13.6. The molecule has 0 atom stereocenters. The second-order valence-corrected chi connectivity index (χ2v) is 5.56. The Hall–Kier alpha value is -2.02. The van der Waals surface area contributed by atoms with Gasteiger partial charge in [-0.25, -0.2) is 8.78 Å². The fraction of sp³-hybridized carbons (Fsp3) is 0.467. The first-order valence-electron chi connectivity index (χ1n) is 7.16. The molecule has 1 aliphatic carbocycles. The number of nitrogens with one attached hydrogen (secondary N) is 1. The van der Waals surface area contributed by atoms with E-state index in [2.05, 4.69) is 5.32 Å². The molecule has 1 aromatic carbocycles. The quantitative estimate of drug-likeness (QED) is 0.862. The second kappa shape index (κ2) is 5.64. The maximum Gasteiger partial charge on any atom is 0.240 e. The van der Waals surface area contributed by atoms with E-state index in [0.29, 0.717) is 45.2 Å². The van der Waals surface area contributed by atoms with Gasteiger partial charge in [0.1, 0.15) is 17.0 Å². The van der Waals surface area contributed by atoms with Crippen LogP contribution in [0.1, 0.15) is 12.8 Å². The molecule has 0 unspecified atom stereocenters. The summed E-state index contributed by atoms with van der Waals surface area (Å²) in [5.41, 5.74) is -1.23. The molecule has 0 spiro atoms. The smallest absolute Gasteiger partial charge is 0.240 e. The Bertz CT molecular complexity index is 611. The minimum absolute atomic E-state index is 0.118. The number of ether oxygens (including phenoxy) is 1. The Morgan fingerprint density at radius 2 is 1.86 bits per heavy atom. The summed E-state index contributed by atoms with van der Waals surface area (Å²) in [5, 5.41) is 2.40. The van der Waals surface area contributed by atoms with Crippen LogP contribution in [0.5, 0.6) is 0 Å². The number of rotatable bonds is 3. The van der Waals surface area contributed by atoms with Crippen molar-refractivity contribution in [2.45, 2.75) is 12.8 Å². The Balaban J connectivity index is 1.72. The number of anilines is 1. The van der Waals surface area contributed by atoms with Gasteiger partial charge in [-0.05, 0) is 25.0 Å². The first kappa shape index (κ1) is 14.9. The van der Waals surface area contributed by atoms with Crippen LogP contribution in [-0.2, 0) is 14.3 Å². The van der Waals surface area contributed by atoms with Crippen molar-refractivity contribution in [2.24, 2.45) is 5.41 Å². The Kier molecular flexibility index (Phi) is 3.82. The summed E-state index contributed by atoms with van der Waals surface area (Å²) in [7, 11) is 0. The molecule has 7 heteroatoms. The lowest BCUT2D eigenvalue weighted by molar-refractivity contribution is -0.145. The third-order valence-electron chi connectivity index (χ3n) is 4.07. The topological polar surface area (TPSA) is 58.6 Å².